The van der Waals surface area contributed by atoms with Gasteiger partial charge in [-0.25, -0.2) is 8.78 Å². The highest BCUT2D eigenvalue weighted by molar-refractivity contribution is 5.98. The number of hydrogen-bond acceptors (Lipinski definition) is 4. The standard InChI is InChI=1S/C25H30F2N4O3/c1-17(2)23(29-24(33)22-19(26)9-6-10-20(22)27)25(34)31-13-11-30(12-14-31)16-21(32)28-15-18-7-4-3-5-8-18/h3-10,17,23H,11-16H2,1-2H3,(H,28,32)(H,29,33)/t23-/m0/s1. The average Bonchev–Trinajstić information content (AvgIpc) is 2.81. The number of amides is 3. The van der Waals surface area contributed by atoms with E-state index in [4.69, 9.17) is 0 Å². The molecule has 1 atom stereocenters. The predicted octanol–water partition coefficient (Wildman–Crippen LogP) is 2.18. The van der Waals surface area contributed by atoms with Crippen molar-refractivity contribution in [1.29, 1.82) is 0 Å². The van der Waals surface area contributed by atoms with Gasteiger partial charge in [0.25, 0.3) is 5.91 Å². The Labute approximate surface area is 198 Å². The fraction of sp³-hybridized carbons (Fsp3) is 0.400. The minimum absolute atomic E-state index is 0.0946. The van der Waals surface area contributed by atoms with Crippen molar-refractivity contribution in [1.82, 2.24) is 20.4 Å². The van der Waals surface area contributed by atoms with Crippen LogP contribution in [0.1, 0.15) is 29.8 Å². The lowest BCUT2D eigenvalue weighted by Gasteiger charge is -2.37. The average molecular weight is 473 g/mol. The molecule has 182 valence electrons. The molecule has 1 saturated heterocycles. The van der Waals surface area contributed by atoms with E-state index < -0.39 is 29.1 Å². The summed E-state index contributed by atoms with van der Waals surface area (Å²) in [5.74, 6) is -3.61. The molecular formula is C25H30F2N4O3. The number of benzene rings is 2. The summed E-state index contributed by atoms with van der Waals surface area (Å²) in [5.41, 5.74) is 0.315. The van der Waals surface area contributed by atoms with Crippen molar-refractivity contribution in [2.45, 2.75) is 26.4 Å². The van der Waals surface area contributed by atoms with E-state index in [0.29, 0.717) is 32.7 Å². The van der Waals surface area contributed by atoms with E-state index in [1.54, 1.807) is 18.7 Å². The number of carbonyl (C=O) groups excluding carboxylic acids is 3. The third kappa shape index (κ3) is 6.60. The number of piperazine rings is 1. The Hall–Kier alpha value is -3.33. The van der Waals surface area contributed by atoms with Crippen molar-refractivity contribution >= 4 is 17.7 Å². The summed E-state index contributed by atoms with van der Waals surface area (Å²) < 4.78 is 27.9. The van der Waals surface area contributed by atoms with E-state index in [1.165, 1.54) is 6.07 Å². The number of nitrogens with zero attached hydrogens (tertiary/aromatic N) is 2. The van der Waals surface area contributed by atoms with Gasteiger partial charge >= 0.3 is 0 Å². The summed E-state index contributed by atoms with van der Waals surface area (Å²) in [6.45, 7) is 5.98. The zero-order chi connectivity index (χ0) is 24.7. The Morgan fingerprint density at radius 3 is 2.12 bits per heavy atom. The summed E-state index contributed by atoms with van der Waals surface area (Å²) in [7, 11) is 0. The molecule has 1 fully saturated rings. The lowest BCUT2D eigenvalue weighted by atomic mass is 10.0. The van der Waals surface area contributed by atoms with Gasteiger partial charge in [-0.15, -0.1) is 0 Å². The van der Waals surface area contributed by atoms with Crippen molar-refractivity contribution in [2.24, 2.45) is 5.92 Å². The lowest BCUT2D eigenvalue weighted by Crippen LogP contribution is -2.57. The van der Waals surface area contributed by atoms with Gasteiger partial charge in [0.05, 0.1) is 6.54 Å². The second-order valence-corrected chi connectivity index (χ2v) is 8.66. The molecule has 1 aliphatic rings. The van der Waals surface area contributed by atoms with Crippen LogP contribution in [0.4, 0.5) is 8.78 Å². The molecule has 1 aliphatic heterocycles. The molecule has 0 aliphatic carbocycles. The molecule has 7 nitrogen and oxygen atoms in total. The van der Waals surface area contributed by atoms with E-state index in [2.05, 4.69) is 10.6 Å². The van der Waals surface area contributed by atoms with E-state index in [-0.39, 0.29) is 24.3 Å². The van der Waals surface area contributed by atoms with E-state index in [0.717, 1.165) is 17.7 Å². The van der Waals surface area contributed by atoms with Crippen LogP contribution in [-0.4, -0.2) is 66.3 Å². The van der Waals surface area contributed by atoms with Gasteiger partial charge in [-0.2, -0.15) is 0 Å². The first-order chi connectivity index (χ1) is 16.3. The molecule has 0 saturated carbocycles. The number of hydrogen-bond donors (Lipinski definition) is 2. The van der Waals surface area contributed by atoms with Crippen LogP contribution in [0, 0.1) is 17.6 Å². The van der Waals surface area contributed by atoms with Crippen LogP contribution in [0.3, 0.4) is 0 Å². The van der Waals surface area contributed by atoms with Crippen LogP contribution in [0.25, 0.3) is 0 Å². The van der Waals surface area contributed by atoms with Crippen LogP contribution in [0.5, 0.6) is 0 Å². The van der Waals surface area contributed by atoms with E-state index >= 15 is 0 Å². The van der Waals surface area contributed by atoms with Crippen LogP contribution in [0.15, 0.2) is 48.5 Å². The minimum atomic E-state index is -0.980. The van der Waals surface area contributed by atoms with Gasteiger partial charge in [0, 0.05) is 32.7 Å². The van der Waals surface area contributed by atoms with E-state index in [1.807, 2.05) is 35.2 Å². The number of carbonyl (C=O) groups is 3. The summed E-state index contributed by atoms with van der Waals surface area (Å²) in [5, 5.41) is 5.39. The predicted molar refractivity (Wildman–Crippen MR) is 124 cm³/mol. The van der Waals surface area contributed by atoms with Gasteiger partial charge in [-0.3, -0.25) is 19.3 Å². The SMILES string of the molecule is CC(C)[C@H](NC(=O)c1c(F)cccc1F)C(=O)N1CCN(CC(=O)NCc2ccccc2)CC1. The second kappa shape index (κ2) is 11.7. The van der Waals surface area contributed by atoms with Crippen LogP contribution in [-0.2, 0) is 16.1 Å². The summed E-state index contributed by atoms with van der Waals surface area (Å²) in [6, 6.07) is 11.9. The largest absolute Gasteiger partial charge is 0.351 e. The molecule has 0 bridgehead atoms. The number of halogens is 2. The molecule has 9 heteroatoms. The molecule has 2 aromatic rings. The summed E-state index contributed by atoms with van der Waals surface area (Å²) >= 11 is 0. The van der Waals surface area contributed by atoms with Gasteiger partial charge in [0.15, 0.2) is 0 Å². The monoisotopic (exact) mass is 472 g/mol. The molecule has 2 aromatic carbocycles. The fourth-order valence-electron chi connectivity index (χ4n) is 3.82. The molecule has 1 heterocycles. The first-order valence-corrected chi connectivity index (χ1v) is 11.3. The normalized spacial score (nSPS) is 15.1. The lowest BCUT2D eigenvalue weighted by molar-refractivity contribution is -0.136. The quantitative estimate of drug-likeness (QED) is 0.617. The Balaban J connectivity index is 1.51. The maximum absolute atomic E-state index is 14.0. The molecule has 0 spiro atoms. The second-order valence-electron chi connectivity index (χ2n) is 8.66. The van der Waals surface area contributed by atoms with Gasteiger partial charge in [0.2, 0.25) is 11.8 Å². The van der Waals surface area contributed by atoms with Crippen LogP contribution in [0.2, 0.25) is 0 Å². The van der Waals surface area contributed by atoms with Crippen molar-refractivity contribution in [2.75, 3.05) is 32.7 Å². The van der Waals surface area contributed by atoms with Crippen molar-refractivity contribution in [3.63, 3.8) is 0 Å². The molecule has 0 aromatic heterocycles. The maximum atomic E-state index is 14.0. The molecule has 0 radical (unpaired) electrons. The highest BCUT2D eigenvalue weighted by atomic mass is 19.1. The number of nitrogens with one attached hydrogen (secondary N) is 2. The molecule has 3 rings (SSSR count). The fourth-order valence-corrected chi connectivity index (χ4v) is 3.82. The Morgan fingerprint density at radius 2 is 1.53 bits per heavy atom. The third-order valence-electron chi connectivity index (χ3n) is 5.79. The van der Waals surface area contributed by atoms with Gasteiger partial charge in [0.1, 0.15) is 23.2 Å². The topological polar surface area (TPSA) is 81.8 Å². The minimum Gasteiger partial charge on any atom is -0.351 e. The Bertz CT molecular complexity index is 988. The first kappa shape index (κ1) is 25.3. The Morgan fingerprint density at radius 1 is 0.912 bits per heavy atom. The van der Waals surface area contributed by atoms with Crippen LogP contribution >= 0.6 is 0 Å². The highest BCUT2D eigenvalue weighted by Crippen LogP contribution is 2.15. The van der Waals surface area contributed by atoms with E-state index in [9.17, 15) is 23.2 Å². The molecule has 34 heavy (non-hydrogen) atoms. The summed E-state index contributed by atoms with van der Waals surface area (Å²) in [6.07, 6.45) is 0. The first-order valence-electron chi connectivity index (χ1n) is 11.3. The van der Waals surface area contributed by atoms with Crippen molar-refractivity contribution < 1.29 is 23.2 Å². The number of rotatable bonds is 8. The van der Waals surface area contributed by atoms with Crippen molar-refractivity contribution in [3.8, 4) is 0 Å². The van der Waals surface area contributed by atoms with Crippen molar-refractivity contribution in [3.05, 3.63) is 71.3 Å². The highest BCUT2D eigenvalue weighted by Gasteiger charge is 2.32. The third-order valence-corrected chi connectivity index (χ3v) is 5.79. The van der Waals surface area contributed by atoms with Gasteiger partial charge in [-0.05, 0) is 23.6 Å². The zero-order valence-corrected chi connectivity index (χ0v) is 19.4. The molecule has 2 N–H and O–H groups in total. The summed E-state index contributed by atoms with van der Waals surface area (Å²) in [4.78, 5) is 41.4. The maximum Gasteiger partial charge on any atom is 0.257 e. The zero-order valence-electron chi connectivity index (χ0n) is 19.4. The molecular weight excluding hydrogens is 442 g/mol. The molecule has 3 amide bonds. The van der Waals surface area contributed by atoms with Gasteiger partial charge < -0.3 is 15.5 Å². The van der Waals surface area contributed by atoms with Crippen LogP contribution < -0.4 is 10.6 Å². The molecule has 0 unspecified atom stereocenters. The van der Waals surface area contributed by atoms with Gasteiger partial charge in [-0.1, -0.05) is 50.2 Å². The Kier molecular flexibility index (Phi) is 8.70. The smallest absolute Gasteiger partial charge is 0.257 e.